The van der Waals surface area contributed by atoms with Gasteiger partial charge in [-0.3, -0.25) is 4.79 Å². The van der Waals surface area contributed by atoms with Crippen LogP contribution in [-0.4, -0.2) is 93.4 Å². The molecular weight excluding hydrogens is 440 g/mol. The second-order valence-electron chi connectivity index (χ2n) is 8.46. The zero-order chi connectivity index (χ0) is 22.0. The fourth-order valence-electron chi connectivity index (χ4n) is 4.64. The number of morpholine rings is 1. The standard InChI is InChI=1S/C21H31ClN4O4S/c1-17-4-5-19(22)15-20(17)23-7-9-24(10-8-23)21(27)18-3-2-6-26(16-18)31(28,29)25-11-13-30-14-12-25/h4-5,15,18H,2-3,6-14,16H2,1H3. The third-order valence-corrected chi connectivity index (χ3v) is 8.70. The van der Waals surface area contributed by atoms with Crippen LogP contribution in [0.25, 0.3) is 0 Å². The number of hydrogen-bond acceptors (Lipinski definition) is 5. The average molecular weight is 471 g/mol. The number of piperazine rings is 1. The summed E-state index contributed by atoms with van der Waals surface area (Å²) in [6, 6.07) is 5.88. The first kappa shape index (κ1) is 22.8. The molecule has 0 bridgehead atoms. The minimum atomic E-state index is -3.54. The number of halogens is 1. The molecule has 31 heavy (non-hydrogen) atoms. The monoisotopic (exact) mass is 470 g/mol. The molecule has 3 aliphatic heterocycles. The maximum absolute atomic E-state index is 13.2. The molecular formula is C21H31ClN4O4S. The van der Waals surface area contributed by atoms with Crippen molar-refractivity contribution in [3.8, 4) is 0 Å². The van der Waals surface area contributed by atoms with E-state index in [2.05, 4.69) is 11.8 Å². The van der Waals surface area contributed by atoms with Gasteiger partial charge in [-0.15, -0.1) is 0 Å². The summed E-state index contributed by atoms with van der Waals surface area (Å²) in [5.74, 6) is -0.201. The molecule has 0 aliphatic carbocycles. The Balaban J connectivity index is 1.36. The molecule has 1 atom stereocenters. The molecule has 0 radical (unpaired) electrons. The van der Waals surface area contributed by atoms with Gasteiger partial charge in [0.2, 0.25) is 5.91 Å². The Morgan fingerprint density at radius 3 is 2.45 bits per heavy atom. The van der Waals surface area contributed by atoms with Crippen molar-refractivity contribution in [2.75, 3.05) is 70.5 Å². The van der Waals surface area contributed by atoms with Gasteiger partial charge in [0.05, 0.1) is 19.1 Å². The maximum atomic E-state index is 13.2. The summed E-state index contributed by atoms with van der Waals surface area (Å²) in [5.41, 5.74) is 2.28. The normalized spacial score (nSPS) is 24.4. The quantitative estimate of drug-likeness (QED) is 0.668. The molecule has 4 rings (SSSR count). The van der Waals surface area contributed by atoms with Crippen LogP contribution >= 0.6 is 11.6 Å². The highest BCUT2D eigenvalue weighted by atomic mass is 35.5. The molecule has 0 spiro atoms. The van der Waals surface area contributed by atoms with Gasteiger partial charge in [-0.1, -0.05) is 17.7 Å². The molecule has 0 N–H and O–H groups in total. The van der Waals surface area contributed by atoms with Gasteiger partial charge < -0.3 is 14.5 Å². The van der Waals surface area contributed by atoms with E-state index < -0.39 is 10.2 Å². The Kier molecular flexibility index (Phi) is 7.07. The summed E-state index contributed by atoms with van der Waals surface area (Å²) in [6.45, 7) is 7.17. The Labute approximate surface area is 189 Å². The predicted molar refractivity (Wildman–Crippen MR) is 121 cm³/mol. The van der Waals surface area contributed by atoms with E-state index in [0.29, 0.717) is 57.4 Å². The first-order chi connectivity index (χ1) is 14.9. The van der Waals surface area contributed by atoms with Crippen LogP contribution in [0.2, 0.25) is 5.02 Å². The fourth-order valence-corrected chi connectivity index (χ4v) is 6.47. The molecule has 3 fully saturated rings. The lowest BCUT2D eigenvalue weighted by atomic mass is 9.97. The predicted octanol–water partition coefficient (Wildman–Crippen LogP) is 1.59. The number of ether oxygens (including phenoxy) is 1. The molecule has 3 aliphatic rings. The molecule has 1 aromatic carbocycles. The zero-order valence-electron chi connectivity index (χ0n) is 18.0. The van der Waals surface area contributed by atoms with E-state index in [0.717, 1.165) is 25.2 Å². The van der Waals surface area contributed by atoms with Crippen molar-refractivity contribution >= 4 is 33.4 Å². The number of amides is 1. The van der Waals surface area contributed by atoms with E-state index >= 15 is 0 Å². The van der Waals surface area contributed by atoms with Crippen LogP contribution in [0.5, 0.6) is 0 Å². The summed E-state index contributed by atoms with van der Waals surface area (Å²) in [6.07, 6.45) is 1.45. The second-order valence-corrected chi connectivity index (χ2v) is 10.8. The number of aryl methyl sites for hydroxylation is 1. The Morgan fingerprint density at radius 2 is 1.74 bits per heavy atom. The highest BCUT2D eigenvalue weighted by Gasteiger charge is 2.38. The minimum absolute atomic E-state index is 0.0735. The van der Waals surface area contributed by atoms with Crippen LogP contribution < -0.4 is 4.90 Å². The number of nitrogens with zero attached hydrogens (tertiary/aromatic N) is 4. The summed E-state index contributed by atoms with van der Waals surface area (Å²) >= 11 is 6.17. The van der Waals surface area contributed by atoms with Gasteiger partial charge in [0.15, 0.2) is 0 Å². The smallest absolute Gasteiger partial charge is 0.282 e. The Morgan fingerprint density at radius 1 is 1.03 bits per heavy atom. The van der Waals surface area contributed by atoms with Crippen molar-refractivity contribution in [1.82, 2.24) is 13.5 Å². The van der Waals surface area contributed by atoms with Crippen LogP contribution in [0.1, 0.15) is 18.4 Å². The maximum Gasteiger partial charge on any atom is 0.282 e. The molecule has 0 aromatic heterocycles. The molecule has 1 unspecified atom stereocenters. The Hall–Kier alpha value is -1.39. The van der Waals surface area contributed by atoms with Crippen molar-refractivity contribution in [2.45, 2.75) is 19.8 Å². The number of hydrogen-bond donors (Lipinski definition) is 0. The van der Waals surface area contributed by atoms with E-state index in [1.807, 2.05) is 23.1 Å². The van der Waals surface area contributed by atoms with Crippen LogP contribution in [-0.2, 0) is 19.7 Å². The molecule has 10 heteroatoms. The van der Waals surface area contributed by atoms with Gasteiger partial charge in [-0.05, 0) is 37.5 Å². The van der Waals surface area contributed by atoms with Gasteiger partial charge in [-0.25, -0.2) is 0 Å². The van der Waals surface area contributed by atoms with E-state index in [9.17, 15) is 13.2 Å². The lowest BCUT2D eigenvalue weighted by Crippen LogP contribution is -2.55. The average Bonchev–Trinajstić information content (AvgIpc) is 2.81. The molecule has 1 aromatic rings. The highest BCUT2D eigenvalue weighted by molar-refractivity contribution is 7.86. The van der Waals surface area contributed by atoms with Crippen molar-refractivity contribution < 1.29 is 17.9 Å². The number of carbonyl (C=O) groups is 1. The number of carbonyl (C=O) groups excluding carboxylic acids is 1. The summed E-state index contributed by atoms with van der Waals surface area (Å²) in [4.78, 5) is 17.4. The molecule has 3 heterocycles. The van der Waals surface area contributed by atoms with Gasteiger partial charge >= 0.3 is 0 Å². The summed E-state index contributed by atoms with van der Waals surface area (Å²) < 4.78 is 34.3. The van der Waals surface area contributed by atoms with Gasteiger partial charge in [0.25, 0.3) is 10.2 Å². The van der Waals surface area contributed by atoms with Crippen LogP contribution in [0.4, 0.5) is 5.69 Å². The fraction of sp³-hybridized carbons (Fsp3) is 0.667. The topological polar surface area (TPSA) is 73.4 Å². The largest absolute Gasteiger partial charge is 0.379 e. The first-order valence-corrected chi connectivity index (χ1v) is 12.8. The van der Waals surface area contributed by atoms with E-state index in [-0.39, 0.29) is 18.4 Å². The number of piperidine rings is 1. The molecule has 3 saturated heterocycles. The van der Waals surface area contributed by atoms with Gasteiger partial charge in [0, 0.05) is 63.1 Å². The van der Waals surface area contributed by atoms with Crippen LogP contribution in [0.15, 0.2) is 18.2 Å². The van der Waals surface area contributed by atoms with Gasteiger partial charge in [0.1, 0.15) is 0 Å². The number of rotatable bonds is 4. The van der Waals surface area contributed by atoms with E-state index in [1.54, 1.807) is 0 Å². The SMILES string of the molecule is Cc1ccc(Cl)cc1N1CCN(C(=O)C2CCCN(S(=O)(=O)N3CCOCC3)C2)CC1. The number of anilines is 1. The minimum Gasteiger partial charge on any atom is -0.379 e. The zero-order valence-corrected chi connectivity index (χ0v) is 19.6. The van der Waals surface area contributed by atoms with Crippen LogP contribution in [0.3, 0.4) is 0 Å². The molecule has 0 saturated carbocycles. The van der Waals surface area contributed by atoms with Crippen molar-refractivity contribution in [3.05, 3.63) is 28.8 Å². The summed E-state index contributed by atoms with van der Waals surface area (Å²) in [5, 5.41) is 0.711. The molecule has 8 nitrogen and oxygen atoms in total. The van der Waals surface area contributed by atoms with Crippen molar-refractivity contribution in [3.63, 3.8) is 0 Å². The second kappa shape index (κ2) is 9.62. The van der Waals surface area contributed by atoms with Crippen molar-refractivity contribution in [2.24, 2.45) is 5.92 Å². The lowest BCUT2D eigenvalue weighted by molar-refractivity contribution is -0.137. The van der Waals surface area contributed by atoms with E-state index in [1.165, 1.54) is 14.2 Å². The third-order valence-electron chi connectivity index (χ3n) is 6.46. The molecule has 172 valence electrons. The first-order valence-electron chi connectivity index (χ1n) is 11.0. The number of benzene rings is 1. The summed E-state index contributed by atoms with van der Waals surface area (Å²) in [7, 11) is -3.54. The van der Waals surface area contributed by atoms with E-state index in [4.69, 9.17) is 16.3 Å². The lowest BCUT2D eigenvalue weighted by Gasteiger charge is -2.40. The van der Waals surface area contributed by atoms with Crippen molar-refractivity contribution in [1.29, 1.82) is 0 Å². The van der Waals surface area contributed by atoms with Gasteiger partial charge in [-0.2, -0.15) is 17.0 Å². The van der Waals surface area contributed by atoms with Crippen LogP contribution in [0, 0.1) is 12.8 Å². The molecule has 1 amide bonds. The highest BCUT2D eigenvalue weighted by Crippen LogP contribution is 2.27. The third kappa shape index (κ3) is 5.01. The Bertz CT molecular complexity index is 899.